The fourth-order valence-corrected chi connectivity index (χ4v) is 2.52. The molecule has 1 aliphatic rings. The Hall–Kier alpha value is -1.56. The molecule has 2 rings (SSSR count). The molecule has 1 saturated heterocycles. The number of carboxylic acid groups (broad SMARTS) is 1. The molecular weight excluding hydrogens is 269 g/mol. The van der Waals surface area contributed by atoms with Gasteiger partial charge in [0.2, 0.25) is 5.91 Å². The van der Waals surface area contributed by atoms with Crippen molar-refractivity contribution in [2.45, 2.75) is 24.1 Å². The van der Waals surface area contributed by atoms with E-state index < -0.39 is 12.0 Å². The van der Waals surface area contributed by atoms with Gasteiger partial charge >= 0.3 is 5.97 Å². The maximum absolute atomic E-state index is 12.8. The van der Waals surface area contributed by atoms with Crippen molar-refractivity contribution in [3.05, 3.63) is 35.6 Å². The van der Waals surface area contributed by atoms with Crippen molar-refractivity contribution in [3.63, 3.8) is 0 Å². The number of likely N-dealkylation sites (tertiary alicyclic amines) is 1. The highest BCUT2D eigenvalue weighted by Gasteiger charge is 2.36. The molecular formula is C13H14FNO3S. The summed E-state index contributed by atoms with van der Waals surface area (Å²) in [6.45, 7) is 0.333. The van der Waals surface area contributed by atoms with E-state index in [-0.39, 0.29) is 29.8 Å². The molecule has 0 aromatic heterocycles. The average Bonchev–Trinajstić information content (AvgIpc) is 2.67. The third kappa shape index (κ3) is 3.26. The molecule has 1 N–H and O–H groups in total. The lowest BCUT2D eigenvalue weighted by Gasteiger charge is -2.24. The minimum Gasteiger partial charge on any atom is -0.480 e. The number of aliphatic carboxylic acids is 1. The number of halogens is 1. The Labute approximate surface area is 115 Å². The lowest BCUT2D eigenvalue weighted by Crippen LogP contribution is -2.43. The molecule has 1 amide bonds. The van der Waals surface area contributed by atoms with Gasteiger partial charge < -0.3 is 10.0 Å². The van der Waals surface area contributed by atoms with Crippen LogP contribution < -0.4 is 0 Å². The number of hydrogen-bond acceptors (Lipinski definition) is 3. The highest BCUT2D eigenvalue weighted by Crippen LogP contribution is 2.21. The summed E-state index contributed by atoms with van der Waals surface area (Å²) in [4.78, 5) is 24.4. The number of hydrogen-bond donors (Lipinski definition) is 2. The summed E-state index contributed by atoms with van der Waals surface area (Å²) in [5.74, 6) is -1.63. The summed E-state index contributed by atoms with van der Waals surface area (Å²) in [5.41, 5.74) is 0.684. The first-order chi connectivity index (χ1) is 8.97. The van der Waals surface area contributed by atoms with Crippen molar-refractivity contribution < 1.29 is 19.1 Å². The topological polar surface area (TPSA) is 57.6 Å². The van der Waals surface area contributed by atoms with Crippen LogP contribution in [-0.4, -0.2) is 39.7 Å². The van der Waals surface area contributed by atoms with Gasteiger partial charge in [-0.25, -0.2) is 9.18 Å². The molecule has 102 valence electrons. The van der Waals surface area contributed by atoms with E-state index in [1.165, 1.54) is 29.2 Å². The SMILES string of the molecule is O=C(O)C(Cc1ccc(F)cc1)N1CC(S)CC1=O. The van der Waals surface area contributed by atoms with Gasteiger partial charge in [0.05, 0.1) is 0 Å². The van der Waals surface area contributed by atoms with Crippen molar-refractivity contribution in [1.29, 1.82) is 0 Å². The van der Waals surface area contributed by atoms with Gasteiger partial charge in [-0.15, -0.1) is 0 Å². The van der Waals surface area contributed by atoms with Gasteiger partial charge in [0, 0.05) is 24.6 Å². The fourth-order valence-electron chi connectivity index (χ4n) is 2.19. The van der Waals surface area contributed by atoms with Crippen LogP contribution in [0.5, 0.6) is 0 Å². The summed E-state index contributed by atoms with van der Waals surface area (Å²) >= 11 is 4.21. The zero-order valence-corrected chi connectivity index (χ0v) is 11.0. The van der Waals surface area contributed by atoms with Crippen LogP contribution in [0.1, 0.15) is 12.0 Å². The van der Waals surface area contributed by atoms with Crippen LogP contribution in [0, 0.1) is 5.82 Å². The monoisotopic (exact) mass is 283 g/mol. The predicted octanol–water partition coefficient (Wildman–Crippen LogP) is 1.35. The summed E-state index contributed by atoms with van der Waals surface area (Å²) in [6.07, 6.45) is 0.429. The second kappa shape index (κ2) is 5.61. The summed E-state index contributed by atoms with van der Waals surface area (Å²) in [6, 6.07) is 4.70. The van der Waals surface area contributed by atoms with Gasteiger partial charge in [-0.1, -0.05) is 12.1 Å². The molecule has 4 nitrogen and oxygen atoms in total. The molecule has 1 aliphatic heterocycles. The van der Waals surface area contributed by atoms with E-state index in [1.54, 1.807) is 0 Å². The maximum Gasteiger partial charge on any atom is 0.326 e. The quantitative estimate of drug-likeness (QED) is 0.820. The normalized spacial score (nSPS) is 20.6. The molecule has 0 aliphatic carbocycles. The smallest absolute Gasteiger partial charge is 0.326 e. The number of benzene rings is 1. The first-order valence-electron chi connectivity index (χ1n) is 5.92. The largest absolute Gasteiger partial charge is 0.480 e. The van der Waals surface area contributed by atoms with Crippen molar-refractivity contribution in [2.75, 3.05) is 6.54 Å². The fraction of sp³-hybridized carbons (Fsp3) is 0.385. The second-order valence-corrected chi connectivity index (χ2v) is 5.32. The van der Waals surface area contributed by atoms with E-state index in [1.807, 2.05) is 0 Å². The predicted molar refractivity (Wildman–Crippen MR) is 70.6 cm³/mol. The lowest BCUT2D eigenvalue weighted by molar-refractivity contribution is -0.148. The lowest BCUT2D eigenvalue weighted by atomic mass is 10.0. The van der Waals surface area contributed by atoms with Crippen LogP contribution in [0.15, 0.2) is 24.3 Å². The first kappa shape index (κ1) is 13.9. The molecule has 19 heavy (non-hydrogen) atoms. The van der Waals surface area contributed by atoms with Crippen LogP contribution in [0.3, 0.4) is 0 Å². The summed E-state index contributed by atoms with van der Waals surface area (Å²) < 4.78 is 12.8. The van der Waals surface area contributed by atoms with Gasteiger partial charge in [-0.3, -0.25) is 4.79 Å². The van der Waals surface area contributed by atoms with Crippen molar-refractivity contribution >= 4 is 24.5 Å². The minimum absolute atomic E-state index is 0.123. The van der Waals surface area contributed by atoms with Crippen LogP contribution in [0.4, 0.5) is 4.39 Å². The molecule has 0 spiro atoms. The van der Waals surface area contributed by atoms with Gasteiger partial charge in [0.25, 0.3) is 0 Å². The third-order valence-corrected chi connectivity index (χ3v) is 3.49. The molecule has 0 saturated carbocycles. The number of carbonyl (C=O) groups is 2. The van der Waals surface area contributed by atoms with E-state index in [2.05, 4.69) is 12.6 Å². The van der Waals surface area contributed by atoms with Gasteiger partial charge in [-0.05, 0) is 17.7 Å². The van der Waals surface area contributed by atoms with E-state index in [0.29, 0.717) is 12.1 Å². The van der Waals surface area contributed by atoms with Crippen molar-refractivity contribution in [1.82, 2.24) is 4.90 Å². The Balaban J connectivity index is 2.15. The standard InChI is InChI=1S/C13H14FNO3S/c14-9-3-1-8(2-4-9)5-11(13(17)18)15-7-10(19)6-12(15)16/h1-4,10-11,19H,5-7H2,(H,17,18). The van der Waals surface area contributed by atoms with Crippen LogP contribution in [0.2, 0.25) is 0 Å². The van der Waals surface area contributed by atoms with E-state index in [4.69, 9.17) is 0 Å². The van der Waals surface area contributed by atoms with E-state index in [0.717, 1.165) is 0 Å². The Morgan fingerprint density at radius 2 is 2.11 bits per heavy atom. The highest BCUT2D eigenvalue weighted by molar-refractivity contribution is 7.81. The van der Waals surface area contributed by atoms with Crippen LogP contribution >= 0.6 is 12.6 Å². The van der Waals surface area contributed by atoms with Gasteiger partial charge in [-0.2, -0.15) is 12.6 Å². The van der Waals surface area contributed by atoms with Crippen molar-refractivity contribution in [3.8, 4) is 0 Å². The Morgan fingerprint density at radius 3 is 2.58 bits per heavy atom. The zero-order valence-electron chi connectivity index (χ0n) is 10.1. The third-order valence-electron chi connectivity index (χ3n) is 3.14. The number of carboxylic acids is 1. The Kier molecular flexibility index (Phi) is 4.09. The number of amides is 1. The molecule has 1 aromatic rings. The zero-order chi connectivity index (χ0) is 14.0. The number of thiol groups is 1. The number of carbonyl (C=O) groups excluding carboxylic acids is 1. The van der Waals surface area contributed by atoms with Crippen molar-refractivity contribution in [2.24, 2.45) is 0 Å². The molecule has 1 heterocycles. The molecule has 0 bridgehead atoms. The second-order valence-electron chi connectivity index (χ2n) is 4.59. The highest BCUT2D eigenvalue weighted by atomic mass is 32.1. The van der Waals surface area contributed by atoms with Gasteiger partial charge in [0.1, 0.15) is 11.9 Å². The molecule has 1 aromatic carbocycles. The number of rotatable bonds is 4. The molecule has 0 radical (unpaired) electrons. The average molecular weight is 283 g/mol. The Morgan fingerprint density at radius 1 is 1.47 bits per heavy atom. The molecule has 1 fully saturated rings. The van der Waals surface area contributed by atoms with Crippen LogP contribution in [0.25, 0.3) is 0 Å². The minimum atomic E-state index is -1.06. The summed E-state index contributed by atoms with van der Waals surface area (Å²) in [5, 5.41) is 9.14. The van der Waals surface area contributed by atoms with Gasteiger partial charge in [0.15, 0.2) is 0 Å². The summed E-state index contributed by atoms with van der Waals surface area (Å²) in [7, 11) is 0. The van der Waals surface area contributed by atoms with E-state index >= 15 is 0 Å². The molecule has 2 unspecified atom stereocenters. The first-order valence-corrected chi connectivity index (χ1v) is 6.44. The van der Waals surface area contributed by atoms with Crippen LogP contribution in [-0.2, 0) is 16.0 Å². The Bertz CT molecular complexity index is 491. The molecule has 6 heteroatoms. The number of nitrogens with zero attached hydrogens (tertiary/aromatic N) is 1. The molecule has 2 atom stereocenters. The van der Waals surface area contributed by atoms with E-state index in [9.17, 15) is 19.1 Å². The maximum atomic E-state index is 12.8.